The van der Waals surface area contributed by atoms with E-state index >= 15 is 0 Å². The predicted molar refractivity (Wildman–Crippen MR) is 84.7 cm³/mol. The van der Waals surface area contributed by atoms with Crippen LogP contribution in [0.3, 0.4) is 0 Å². The molecule has 0 saturated carbocycles. The van der Waals surface area contributed by atoms with E-state index in [1.807, 2.05) is 13.1 Å². The molecule has 0 heterocycles. The maximum Gasteiger partial charge on any atom is 0.133 e. The highest BCUT2D eigenvalue weighted by atomic mass is 79.9. The number of hydrogen-bond acceptors (Lipinski definition) is 3. The summed E-state index contributed by atoms with van der Waals surface area (Å²) in [6, 6.07) is 6.27. The number of rotatable bonds is 8. The molecule has 1 unspecified atom stereocenters. The minimum absolute atomic E-state index is 0.705. The van der Waals surface area contributed by atoms with Gasteiger partial charge in [0.1, 0.15) is 5.75 Å². The molecule has 0 bridgehead atoms. The molecular formula is C15H25BrN2O. The quantitative estimate of drug-likeness (QED) is 0.793. The largest absolute Gasteiger partial charge is 0.496 e. The first-order valence-electron chi connectivity index (χ1n) is 6.76. The fraction of sp³-hybridized carbons (Fsp3) is 0.600. The van der Waals surface area contributed by atoms with Gasteiger partial charge >= 0.3 is 0 Å². The van der Waals surface area contributed by atoms with Gasteiger partial charge in [-0.15, -0.1) is 0 Å². The average molecular weight is 329 g/mol. The molecule has 1 atom stereocenters. The Morgan fingerprint density at radius 2 is 2.16 bits per heavy atom. The van der Waals surface area contributed by atoms with Crippen LogP contribution in [0.4, 0.5) is 0 Å². The van der Waals surface area contributed by atoms with Crippen LogP contribution in [0, 0.1) is 5.92 Å². The van der Waals surface area contributed by atoms with Gasteiger partial charge in [0.2, 0.25) is 0 Å². The van der Waals surface area contributed by atoms with Gasteiger partial charge in [-0.2, -0.15) is 0 Å². The molecular weight excluding hydrogens is 304 g/mol. The molecule has 0 spiro atoms. The van der Waals surface area contributed by atoms with Gasteiger partial charge in [0.05, 0.1) is 11.6 Å². The summed E-state index contributed by atoms with van der Waals surface area (Å²) in [5, 5.41) is 3.26. The summed E-state index contributed by atoms with van der Waals surface area (Å²) in [6.45, 7) is 5.40. The normalized spacial score (nSPS) is 12.7. The third-order valence-electron chi connectivity index (χ3n) is 3.31. The van der Waals surface area contributed by atoms with Gasteiger partial charge in [-0.05, 0) is 60.2 Å². The van der Waals surface area contributed by atoms with Gasteiger partial charge in [0.15, 0.2) is 0 Å². The second-order valence-corrected chi connectivity index (χ2v) is 5.85. The lowest BCUT2D eigenvalue weighted by Crippen LogP contribution is -2.30. The highest BCUT2D eigenvalue weighted by Gasteiger charge is 2.10. The van der Waals surface area contributed by atoms with Gasteiger partial charge in [0.25, 0.3) is 0 Å². The number of nitrogens with one attached hydrogen (secondary N) is 1. The second kappa shape index (κ2) is 8.56. The smallest absolute Gasteiger partial charge is 0.133 e. The third-order valence-corrected chi connectivity index (χ3v) is 3.93. The molecule has 0 aromatic heterocycles. The van der Waals surface area contributed by atoms with E-state index in [1.165, 1.54) is 12.0 Å². The highest BCUT2D eigenvalue weighted by Crippen LogP contribution is 2.26. The zero-order chi connectivity index (χ0) is 14.3. The Kier molecular flexibility index (Phi) is 7.42. The van der Waals surface area contributed by atoms with Crippen molar-refractivity contribution in [1.82, 2.24) is 10.2 Å². The highest BCUT2D eigenvalue weighted by molar-refractivity contribution is 9.10. The van der Waals surface area contributed by atoms with Crippen molar-refractivity contribution >= 4 is 15.9 Å². The molecule has 19 heavy (non-hydrogen) atoms. The Labute approximate surface area is 125 Å². The first kappa shape index (κ1) is 16.5. The van der Waals surface area contributed by atoms with Crippen molar-refractivity contribution in [1.29, 1.82) is 0 Å². The minimum Gasteiger partial charge on any atom is -0.496 e. The lowest BCUT2D eigenvalue weighted by atomic mass is 10.1. The first-order chi connectivity index (χ1) is 9.10. The Balaban J connectivity index is 2.56. The van der Waals surface area contributed by atoms with Crippen molar-refractivity contribution in [2.75, 3.05) is 34.3 Å². The molecule has 0 fully saturated rings. The number of methoxy groups -OCH3 is 1. The van der Waals surface area contributed by atoms with Crippen LogP contribution in [-0.4, -0.2) is 39.2 Å². The summed E-state index contributed by atoms with van der Waals surface area (Å²) >= 11 is 3.53. The van der Waals surface area contributed by atoms with E-state index in [0.717, 1.165) is 29.9 Å². The Morgan fingerprint density at radius 1 is 1.42 bits per heavy atom. The summed E-state index contributed by atoms with van der Waals surface area (Å²) in [6.07, 6.45) is 1.21. The van der Waals surface area contributed by atoms with Crippen LogP contribution in [0.15, 0.2) is 22.7 Å². The summed E-state index contributed by atoms with van der Waals surface area (Å²) in [5.41, 5.74) is 1.30. The lowest BCUT2D eigenvalue weighted by molar-refractivity contribution is 0.261. The van der Waals surface area contributed by atoms with E-state index in [-0.39, 0.29) is 0 Å². The van der Waals surface area contributed by atoms with Crippen molar-refractivity contribution in [2.24, 2.45) is 5.92 Å². The Hall–Kier alpha value is -0.580. The maximum absolute atomic E-state index is 5.25. The zero-order valence-electron chi connectivity index (χ0n) is 12.4. The van der Waals surface area contributed by atoms with Crippen molar-refractivity contribution in [3.63, 3.8) is 0 Å². The summed E-state index contributed by atoms with van der Waals surface area (Å²) in [7, 11) is 5.88. The third kappa shape index (κ3) is 5.51. The molecule has 1 aromatic rings. The molecule has 0 aliphatic heterocycles. The van der Waals surface area contributed by atoms with Crippen LogP contribution < -0.4 is 10.1 Å². The maximum atomic E-state index is 5.25. The predicted octanol–water partition coefficient (Wildman–Crippen LogP) is 3.14. The van der Waals surface area contributed by atoms with Crippen molar-refractivity contribution in [3.8, 4) is 5.75 Å². The zero-order valence-corrected chi connectivity index (χ0v) is 14.0. The van der Waals surface area contributed by atoms with Crippen LogP contribution in [0.1, 0.15) is 18.9 Å². The van der Waals surface area contributed by atoms with Crippen molar-refractivity contribution in [3.05, 3.63) is 28.2 Å². The van der Waals surface area contributed by atoms with E-state index in [4.69, 9.17) is 4.74 Å². The Bertz CT molecular complexity index is 384. The van der Waals surface area contributed by atoms with E-state index in [9.17, 15) is 0 Å². The molecule has 1 N–H and O–H groups in total. The van der Waals surface area contributed by atoms with E-state index in [2.05, 4.69) is 52.3 Å². The van der Waals surface area contributed by atoms with E-state index in [0.29, 0.717) is 5.92 Å². The number of hydrogen-bond donors (Lipinski definition) is 1. The van der Waals surface area contributed by atoms with Crippen LogP contribution >= 0.6 is 15.9 Å². The van der Waals surface area contributed by atoms with Crippen LogP contribution in [0.2, 0.25) is 0 Å². The summed E-state index contributed by atoms with van der Waals surface area (Å²) in [4.78, 5) is 2.37. The topological polar surface area (TPSA) is 24.5 Å². The molecule has 0 aliphatic rings. The fourth-order valence-electron chi connectivity index (χ4n) is 2.25. The molecule has 0 saturated heterocycles. The van der Waals surface area contributed by atoms with Crippen molar-refractivity contribution < 1.29 is 4.74 Å². The van der Waals surface area contributed by atoms with E-state index in [1.54, 1.807) is 7.11 Å². The van der Waals surface area contributed by atoms with Gasteiger partial charge in [-0.25, -0.2) is 0 Å². The summed E-state index contributed by atoms with van der Waals surface area (Å²) < 4.78 is 6.27. The van der Waals surface area contributed by atoms with Gasteiger partial charge in [0, 0.05) is 13.1 Å². The number of benzene rings is 1. The van der Waals surface area contributed by atoms with Crippen LogP contribution in [-0.2, 0) is 6.54 Å². The minimum atomic E-state index is 0.705. The molecule has 0 radical (unpaired) electrons. The molecule has 108 valence electrons. The molecule has 4 heteroatoms. The number of halogens is 1. The molecule has 0 aliphatic carbocycles. The van der Waals surface area contributed by atoms with Gasteiger partial charge in [-0.1, -0.05) is 19.4 Å². The standard InChI is InChI=1S/C15H25BrN2O/c1-5-12(9-17-2)10-18(3)11-13-6-7-15(19-4)14(16)8-13/h6-8,12,17H,5,9-11H2,1-4H3. The van der Waals surface area contributed by atoms with Gasteiger partial charge in [-0.3, -0.25) is 0 Å². The average Bonchev–Trinajstić information content (AvgIpc) is 2.38. The lowest BCUT2D eigenvalue weighted by Gasteiger charge is -2.23. The Morgan fingerprint density at radius 3 is 2.68 bits per heavy atom. The van der Waals surface area contributed by atoms with Crippen molar-refractivity contribution in [2.45, 2.75) is 19.9 Å². The van der Waals surface area contributed by atoms with E-state index < -0.39 is 0 Å². The monoisotopic (exact) mass is 328 g/mol. The SMILES string of the molecule is CCC(CNC)CN(C)Cc1ccc(OC)c(Br)c1. The summed E-state index contributed by atoms with van der Waals surface area (Å²) in [5.74, 6) is 1.59. The molecule has 3 nitrogen and oxygen atoms in total. The molecule has 1 rings (SSSR count). The second-order valence-electron chi connectivity index (χ2n) is 5.00. The number of ether oxygens (including phenoxy) is 1. The van der Waals surface area contributed by atoms with Crippen LogP contribution in [0.5, 0.6) is 5.75 Å². The molecule has 1 aromatic carbocycles. The molecule has 0 amide bonds. The van der Waals surface area contributed by atoms with Gasteiger partial charge < -0.3 is 15.0 Å². The first-order valence-corrected chi connectivity index (χ1v) is 7.55. The number of nitrogens with zero attached hydrogens (tertiary/aromatic N) is 1. The fourth-order valence-corrected chi connectivity index (χ4v) is 2.84. The van der Waals surface area contributed by atoms with Crippen LogP contribution in [0.25, 0.3) is 0 Å².